The van der Waals surface area contributed by atoms with E-state index >= 15 is 0 Å². The fourth-order valence-electron chi connectivity index (χ4n) is 2.29. The second-order valence-corrected chi connectivity index (χ2v) is 9.74. The van der Waals surface area contributed by atoms with Crippen LogP contribution in [0.25, 0.3) is 11.5 Å². The van der Waals surface area contributed by atoms with Gasteiger partial charge in [0.05, 0.1) is 0 Å². The summed E-state index contributed by atoms with van der Waals surface area (Å²) in [5.74, 6) is 0. The van der Waals surface area contributed by atoms with Crippen LogP contribution in [0.1, 0.15) is 37.8 Å². The number of halogens is 2. The third-order valence-electron chi connectivity index (χ3n) is 3.78. The Bertz CT molecular complexity index is 790. The molecule has 0 unspecified atom stereocenters. The summed E-state index contributed by atoms with van der Waals surface area (Å²) >= 11 is 0. The molecule has 2 N–H and O–H groups in total. The number of aryl methyl sites for hydroxylation is 2. The summed E-state index contributed by atoms with van der Waals surface area (Å²) in [5, 5.41) is 0. The molecule has 8 heteroatoms. The molecular weight excluding hydrogens is 872 g/mol. The first kappa shape index (κ1) is 50.6. The molecule has 0 aromatic heterocycles. The van der Waals surface area contributed by atoms with Gasteiger partial charge in [0.25, 0.3) is 0 Å². The van der Waals surface area contributed by atoms with Gasteiger partial charge < -0.3 is 36.3 Å². The molecule has 38 heavy (non-hydrogen) atoms. The molecule has 0 saturated heterocycles. The maximum atomic E-state index is 7.14. The Hall–Kier alpha value is -0.246. The third kappa shape index (κ3) is 37.9. The van der Waals surface area contributed by atoms with Crippen molar-refractivity contribution < 1.29 is 76.5 Å². The van der Waals surface area contributed by atoms with Crippen LogP contribution in [0, 0.1) is 26.0 Å². The Balaban J connectivity index is -0.0000000818. The maximum absolute atomic E-state index is 7.14. The van der Waals surface area contributed by atoms with Crippen molar-refractivity contribution in [3.8, 4) is 0 Å². The molecule has 0 heterocycles. The number of hydrogen-bond donors (Lipinski definition) is 0. The monoisotopic (exact) mass is 916 g/mol. The first-order valence-electron chi connectivity index (χ1n) is 11.4. The maximum Gasteiger partial charge on any atom is 0.0307 e. The van der Waals surface area contributed by atoms with Gasteiger partial charge in [0.1, 0.15) is 0 Å². The molecule has 4 radical (unpaired) electrons. The van der Waals surface area contributed by atoms with E-state index in [1.807, 2.05) is 62.4 Å². The number of rotatable bonds is 0. The Morgan fingerprint density at radius 1 is 0.605 bits per heavy atom. The molecule has 208 valence electrons. The first-order valence-corrected chi connectivity index (χ1v) is 15.4. The Morgan fingerprint density at radius 3 is 1.00 bits per heavy atom. The standard InChI is InChI=1S/2C7H8N.2C6H7.2C2H6Si.2ClH.2Hf/c2*1-6-3-2-4-7(8)5-6;2*1-6-4-2-3-5-6;2*1-3-2;;;;/h2*2-5,8H,1H3;2*4-5H,2H2,1H3;2*1-2H3;2*1H;;/q4*-1;;;;;;/p-2. The zero-order chi connectivity index (χ0) is 26.2. The van der Waals surface area contributed by atoms with Crippen molar-refractivity contribution in [1.82, 2.24) is 0 Å². The molecule has 2 aliphatic carbocycles. The topological polar surface area (TPSA) is 47.6 Å². The van der Waals surface area contributed by atoms with Gasteiger partial charge in [0.2, 0.25) is 0 Å². The minimum Gasteiger partial charge on any atom is -1.00 e. The van der Waals surface area contributed by atoms with Crippen molar-refractivity contribution in [2.75, 3.05) is 0 Å². The Morgan fingerprint density at radius 2 is 0.895 bits per heavy atom. The summed E-state index contributed by atoms with van der Waals surface area (Å²) in [6.07, 6.45) is 16.5. The normalized spacial score (nSPS) is 10.6. The first-order chi connectivity index (χ1) is 16.2. The smallest absolute Gasteiger partial charge is 0.0307 e. The molecule has 4 rings (SSSR count). The quantitative estimate of drug-likeness (QED) is 0.280. The van der Waals surface area contributed by atoms with Crippen LogP contribution in [0.3, 0.4) is 0 Å². The Kier molecular flexibility index (Phi) is 48.9. The van der Waals surface area contributed by atoms with Gasteiger partial charge in [0.15, 0.2) is 0 Å². The number of hydrogen-bond acceptors (Lipinski definition) is 0. The second-order valence-electron chi connectivity index (χ2n) is 7.74. The van der Waals surface area contributed by atoms with E-state index in [4.69, 9.17) is 11.5 Å². The molecule has 2 aromatic carbocycles. The number of allylic oxidation sites excluding steroid dienone is 8. The minimum atomic E-state index is 0. The van der Waals surface area contributed by atoms with Gasteiger partial charge in [-0.3, -0.25) is 12.2 Å². The molecule has 0 saturated carbocycles. The van der Waals surface area contributed by atoms with E-state index < -0.39 is 0 Å². The van der Waals surface area contributed by atoms with Crippen LogP contribution in [0.5, 0.6) is 0 Å². The third-order valence-corrected chi connectivity index (χ3v) is 3.78. The van der Waals surface area contributed by atoms with E-state index in [1.54, 1.807) is 12.1 Å². The summed E-state index contributed by atoms with van der Waals surface area (Å²) in [4.78, 5) is 0. The van der Waals surface area contributed by atoms with Crippen molar-refractivity contribution in [2.24, 2.45) is 0 Å². The molecule has 2 aromatic rings. The van der Waals surface area contributed by atoms with Gasteiger partial charge >= 0.3 is 0 Å². The fourth-order valence-corrected chi connectivity index (χ4v) is 2.29. The molecule has 0 fully saturated rings. The van der Waals surface area contributed by atoms with Crippen LogP contribution in [-0.2, 0) is 51.7 Å². The van der Waals surface area contributed by atoms with Crippen LogP contribution < -0.4 is 24.8 Å². The van der Waals surface area contributed by atoms with Crippen LogP contribution in [0.15, 0.2) is 84.0 Å². The predicted octanol–water partition coefficient (Wildman–Crippen LogP) is 4.33. The largest absolute Gasteiger partial charge is 1.00 e. The van der Waals surface area contributed by atoms with Gasteiger partial charge in [-0.25, -0.2) is 23.3 Å². The van der Waals surface area contributed by atoms with E-state index in [1.165, 1.54) is 11.1 Å². The molecule has 0 aliphatic heterocycles. The van der Waals surface area contributed by atoms with Gasteiger partial charge in [-0.15, -0.1) is 38.1 Å². The predicted molar refractivity (Wildman–Crippen MR) is 158 cm³/mol. The van der Waals surface area contributed by atoms with Crippen LogP contribution in [0.4, 0.5) is 11.4 Å². The van der Waals surface area contributed by atoms with E-state index in [0.717, 1.165) is 43.0 Å². The molecule has 2 aliphatic rings. The van der Waals surface area contributed by atoms with E-state index in [9.17, 15) is 0 Å². The van der Waals surface area contributed by atoms with Gasteiger partial charge in [0, 0.05) is 70.7 Å². The molecule has 0 bridgehead atoms. The fraction of sp³-hybridized carbons (Fsp3) is 0.333. The molecular formula is C30H42Cl2Hf2N2Si2-6. The van der Waals surface area contributed by atoms with Gasteiger partial charge in [-0.1, -0.05) is 85.8 Å². The summed E-state index contributed by atoms with van der Waals surface area (Å²) in [6, 6.07) is 14.9. The van der Waals surface area contributed by atoms with Crippen molar-refractivity contribution >= 4 is 30.4 Å². The molecule has 0 amide bonds. The van der Waals surface area contributed by atoms with Crippen molar-refractivity contribution in [3.05, 3.63) is 119 Å². The second kappa shape index (κ2) is 36.8. The molecule has 2 nitrogen and oxygen atoms in total. The summed E-state index contributed by atoms with van der Waals surface area (Å²) in [5.41, 5.74) is 20.4. The van der Waals surface area contributed by atoms with E-state index in [-0.39, 0.29) is 76.5 Å². The van der Waals surface area contributed by atoms with Crippen LogP contribution >= 0.6 is 0 Å². The van der Waals surface area contributed by atoms with Crippen molar-refractivity contribution in [1.29, 1.82) is 0 Å². The Labute approximate surface area is 289 Å². The molecule has 0 atom stereocenters. The van der Waals surface area contributed by atoms with Crippen molar-refractivity contribution in [3.63, 3.8) is 0 Å². The zero-order valence-corrected chi connectivity index (χ0v) is 34.8. The summed E-state index contributed by atoms with van der Waals surface area (Å²) in [6.45, 7) is 16.7. The van der Waals surface area contributed by atoms with E-state index in [0.29, 0.717) is 11.4 Å². The number of nitrogens with one attached hydrogen (secondary N) is 2. The van der Waals surface area contributed by atoms with Gasteiger partial charge in [-0.05, 0) is 13.8 Å². The zero-order valence-electron chi connectivity index (χ0n) is 24.1. The van der Waals surface area contributed by atoms with Gasteiger partial charge in [-0.2, -0.15) is 12.2 Å². The molecule has 0 spiro atoms. The van der Waals surface area contributed by atoms with Crippen molar-refractivity contribution in [2.45, 2.75) is 66.7 Å². The average Bonchev–Trinajstić information content (AvgIpc) is 3.44. The van der Waals surface area contributed by atoms with Crippen LogP contribution in [-0.4, -0.2) is 19.0 Å². The SMILES string of the molecule is CC1=CC[C-]=C1.CC1=CC[C-]=C1.C[Si]C.C[Si]C.Cc1cccc([NH-])c1.Cc1cccc([NH-])c1.[Cl-].[Cl-].[Hf].[Hf]. The summed E-state index contributed by atoms with van der Waals surface area (Å²) in [7, 11) is 2.17. The minimum absolute atomic E-state index is 0. The van der Waals surface area contributed by atoms with Crippen LogP contribution in [0.2, 0.25) is 26.2 Å². The number of benzene rings is 2. The summed E-state index contributed by atoms with van der Waals surface area (Å²) < 4.78 is 0. The average molecular weight is 915 g/mol. The van der Waals surface area contributed by atoms with E-state index in [2.05, 4.69) is 64.3 Å².